The lowest BCUT2D eigenvalue weighted by atomic mass is 9.71. The van der Waals surface area contributed by atoms with Crippen LogP contribution in [0, 0.1) is 10.8 Å². The van der Waals surface area contributed by atoms with Gasteiger partial charge in [0.1, 0.15) is 5.78 Å². The summed E-state index contributed by atoms with van der Waals surface area (Å²) in [6.07, 6.45) is 31.7. The maximum atomic E-state index is 12.6. The Balaban J connectivity index is 2.63. The number of Topliss-reactive ketones (excluding diaryl/α,β-unsaturated/α-hetero) is 1. The van der Waals surface area contributed by atoms with Gasteiger partial charge in [0.25, 0.3) is 0 Å². The average molecular weight is 585 g/mol. The lowest BCUT2D eigenvalue weighted by Crippen LogP contribution is -2.28. The molecule has 3 heteroatoms. The van der Waals surface area contributed by atoms with Gasteiger partial charge in [0.05, 0.1) is 6.10 Å². The van der Waals surface area contributed by atoms with Crippen LogP contribution >= 0.6 is 0 Å². The van der Waals surface area contributed by atoms with Crippen molar-refractivity contribution in [3.63, 3.8) is 0 Å². The first-order valence-corrected chi connectivity index (χ1v) is 15.5. The molecule has 0 amide bonds. The van der Waals surface area contributed by atoms with Crippen molar-refractivity contribution in [3.05, 3.63) is 119 Å². The van der Waals surface area contributed by atoms with Crippen LogP contribution in [0.2, 0.25) is 0 Å². The van der Waals surface area contributed by atoms with Crippen LogP contribution in [-0.4, -0.2) is 22.8 Å². The highest BCUT2D eigenvalue weighted by Gasteiger charge is 2.31. The lowest BCUT2D eigenvalue weighted by Gasteiger charge is -2.35. The maximum Gasteiger partial charge on any atom is 0.161 e. The summed E-state index contributed by atoms with van der Waals surface area (Å²) in [6.45, 7) is 20.2. The van der Waals surface area contributed by atoms with E-state index >= 15 is 0 Å². The Kier molecular flexibility index (Phi) is 16.1. The van der Waals surface area contributed by atoms with E-state index in [1.807, 2.05) is 57.2 Å². The van der Waals surface area contributed by atoms with Crippen LogP contribution in [0.4, 0.5) is 0 Å². The molecule has 0 saturated carbocycles. The van der Waals surface area contributed by atoms with Gasteiger partial charge in [0.2, 0.25) is 0 Å². The Labute approximate surface area is 262 Å². The van der Waals surface area contributed by atoms with Crippen LogP contribution < -0.4 is 0 Å². The van der Waals surface area contributed by atoms with Crippen molar-refractivity contribution in [2.45, 2.75) is 107 Å². The van der Waals surface area contributed by atoms with Crippen molar-refractivity contribution in [1.82, 2.24) is 0 Å². The molecule has 0 aromatic carbocycles. The number of ketones is 2. The monoisotopic (exact) mass is 584 g/mol. The van der Waals surface area contributed by atoms with Crippen LogP contribution in [-0.2, 0) is 9.59 Å². The van der Waals surface area contributed by atoms with Crippen molar-refractivity contribution in [1.29, 1.82) is 0 Å². The lowest BCUT2D eigenvalue weighted by molar-refractivity contribution is -0.123. The van der Waals surface area contributed by atoms with E-state index in [1.54, 1.807) is 13.0 Å². The molecule has 1 aliphatic rings. The third-order valence-corrected chi connectivity index (χ3v) is 7.75. The van der Waals surface area contributed by atoms with Gasteiger partial charge in [-0.15, -0.1) is 0 Å². The van der Waals surface area contributed by atoms with E-state index < -0.39 is 5.41 Å². The van der Waals surface area contributed by atoms with Crippen molar-refractivity contribution in [2.75, 3.05) is 0 Å². The second-order valence-electron chi connectivity index (χ2n) is 13.4. The summed E-state index contributed by atoms with van der Waals surface area (Å²) in [7, 11) is 0. The number of aliphatic hydroxyl groups is 1. The summed E-state index contributed by atoms with van der Waals surface area (Å²) in [5.41, 5.74) is 6.62. The van der Waals surface area contributed by atoms with Crippen LogP contribution in [0.1, 0.15) is 101 Å². The predicted molar refractivity (Wildman–Crippen MR) is 186 cm³/mol. The Hall–Kier alpha value is -3.30. The fraction of sp³-hybridized carbons (Fsp3) is 0.450. The number of allylic oxidation sites excluding steroid dienone is 19. The van der Waals surface area contributed by atoms with Gasteiger partial charge in [0, 0.05) is 11.8 Å². The average Bonchev–Trinajstić information content (AvgIpc) is 2.88. The predicted octanol–water partition coefficient (Wildman–Crippen LogP) is 10.4. The number of carbonyl (C=O) groups is 2. The van der Waals surface area contributed by atoms with E-state index in [9.17, 15) is 14.7 Å². The fourth-order valence-corrected chi connectivity index (χ4v) is 5.07. The molecule has 1 N–H and O–H groups in total. The largest absolute Gasteiger partial charge is 0.393 e. The summed E-state index contributed by atoms with van der Waals surface area (Å²) in [6, 6.07) is 0. The molecule has 0 aliphatic heterocycles. The summed E-state index contributed by atoms with van der Waals surface area (Å²) < 4.78 is 0. The number of rotatable bonds is 15. The third kappa shape index (κ3) is 15.7. The van der Waals surface area contributed by atoms with Gasteiger partial charge in [0.15, 0.2) is 5.78 Å². The molecular formula is C40H56O3. The molecular weight excluding hydrogens is 528 g/mol. The van der Waals surface area contributed by atoms with Crippen molar-refractivity contribution in [3.8, 4) is 0 Å². The summed E-state index contributed by atoms with van der Waals surface area (Å²) >= 11 is 0. The zero-order valence-corrected chi connectivity index (χ0v) is 28.5. The van der Waals surface area contributed by atoms with E-state index in [-0.39, 0.29) is 23.1 Å². The smallest absolute Gasteiger partial charge is 0.161 e. The van der Waals surface area contributed by atoms with Crippen molar-refractivity contribution in [2.24, 2.45) is 10.8 Å². The van der Waals surface area contributed by atoms with Crippen molar-refractivity contribution >= 4 is 11.6 Å². The molecule has 0 radical (unpaired) electrons. The minimum Gasteiger partial charge on any atom is -0.393 e. The summed E-state index contributed by atoms with van der Waals surface area (Å²) in [4.78, 5) is 23.7. The number of aliphatic hydroxyl groups excluding tert-OH is 1. The molecule has 0 aromatic heterocycles. The zero-order chi connectivity index (χ0) is 32.6. The van der Waals surface area contributed by atoms with E-state index in [2.05, 4.69) is 84.1 Å². The molecule has 3 nitrogen and oxygen atoms in total. The first-order chi connectivity index (χ1) is 20.0. The topological polar surface area (TPSA) is 54.4 Å². The standard InChI is InChI=1S/C40H56O3/c1-30(18-13-20-32(3)23-25-37-34(5)28-36(42)29-40(37,9)10)16-11-12-17-31(2)19-14-21-33(4)24-26-38(43)39(7,8)27-15-22-35(6)41/h11-14,16-21,23-26,36,42H,15,22,27-29H2,1-10H3/b12-11+,18-13+,19-14+,25-23+,26-24+,30-16+,31-17+,32-20+,33-21+. The van der Waals surface area contributed by atoms with Gasteiger partial charge in [-0.1, -0.05) is 135 Å². The van der Waals surface area contributed by atoms with E-state index in [0.717, 1.165) is 36.0 Å². The van der Waals surface area contributed by atoms with E-state index in [1.165, 1.54) is 16.7 Å². The molecule has 1 unspecified atom stereocenters. The Morgan fingerprint density at radius 3 is 1.79 bits per heavy atom. The molecule has 0 spiro atoms. The van der Waals surface area contributed by atoms with Crippen molar-refractivity contribution < 1.29 is 14.7 Å². The number of carbonyl (C=O) groups excluding carboxylic acids is 2. The van der Waals surface area contributed by atoms with E-state index in [4.69, 9.17) is 0 Å². The van der Waals surface area contributed by atoms with Gasteiger partial charge in [-0.2, -0.15) is 0 Å². The highest BCUT2D eigenvalue weighted by molar-refractivity contribution is 5.94. The van der Waals surface area contributed by atoms with Gasteiger partial charge in [-0.3, -0.25) is 4.79 Å². The van der Waals surface area contributed by atoms with Gasteiger partial charge in [-0.05, 0) is 84.3 Å². The van der Waals surface area contributed by atoms with Crippen LogP contribution in [0.5, 0.6) is 0 Å². The molecule has 234 valence electrons. The third-order valence-electron chi connectivity index (χ3n) is 7.75. The second kappa shape index (κ2) is 18.4. The second-order valence-corrected chi connectivity index (χ2v) is 13.4. The molecule has 0 aromatic rings. The van der Waals surface area contributed by atoms with Crippen LogP contribution in [0.3, 0.4) is 0 Å². The molecule has 0 saturated heterocycles. The van der Waals surface area contributed by atoms with Gasteiger partial charge < -0.3 is 9.90 Å². The van der Waals surface area contributed by atoms with Crippen LogP contribution in [0.15, 0.2) is 119 Å². The quantitative estimate of drug-likeness (QED) is 0.154. The SMILES string of the molecule is CC(=O)CCCC(C)(C)C(=O)/C=C/C(C)=C/C=C/C(C)=C/C=C/C=C(C)/C=C/C=C(C)/C=C/C1=C(C)CC(O)CC1(C)C. The summed E-state index contributed by atoms with van der Waals surface area (Å²) in [5, 5.41) is 10.1. The molecule has 1 aliphatic carbocycles. The van der Waals surface area contributed by atoms with Gasteiger partial charge >= 0.3 is 0 Å². The maximum absolute atomic E-state index is 12.6. The number of hydrogen-bond acceptors (Lipinski definition) is 3. The molecule has 0 fully saturated rings. The molecule has 43 heavy (non-hydrogen) atoms. The van der Waals surface area contributed by atoms with E-state index in [0.29, 0.717) is 12.8 Å². The normalized spacial score (nSPS) is 19.7. The fourth-order valence-electron chi connectivity index (χ4n) is 5.07. The minimum atomic E-state index is -0.459. The molecule has 0 bridgehead atoms. The zero-order valence-electron chi connectivity index (χ0n) is 28.5. The highest BCUT2D eigenvalue weighted by Crippen LogP contribution is 2.41. The first-order valence-electron chi connectivity index (χ1n) is 15.5. The molecule has 0 heterocycles. The summed E-state index contributed by atoms with van der Waals surface area (Å²) in [5.74, 6) is 0.256. The first kappa shape index (κ1) is 37.7. The molecule has 1 atom stereocenters. The van der Waals surface area contributed by atoms with Crippen LogP contribution in [0.25, 0.3) is 0 Å². The highest BCUT2D eigenvalue weighted by atomic mass is 16.3. The number of hydrogen-bond donors (Lipinski definition) is 1. The Bertz CT molecular complexity index is 1280. The van der Waals surface area contributed by atoms with Gasteiger partial charge in [-0.25, -0.2) is 0 Å². The molecule has 1 rings (SSSR count). The minimum absolute atomic E-state index is 0.00629. The Morgan fingerprint density at radius 2 is 1.28 bits per heavy atom. The Morgan fingerprint density at radius 1 is 0.791 bits per heavy atom.